The number of carbonyl (C=O) groups excluding carboxylic acids is 1. The van der Waals surface area contributed by atoms with Gasteiger partial charge in [-0.2, -0.15) is 0 Å². The zero-order chi connectivity index (χ0) is 23.5. The van der Waals surface area contributed by atoms with E-state index in [1.54, 1.807) is 6.07 Å². The SMILES string of the molecule is CCN1CCC2(CC1)N=C(SCC(=O)Nc1ccc3c(c1)OCCO3)C(c1ccc(Br)cc1)=N2. The van der Waals surface area contributed by atoms with Crippen LogP contribution in [0.4, 0.5) is 5.69 Å². The van der Waals surface area contributed by atoms with Crippen LogP contribution >= 0.6 is 27.7 Å². The fraction of sp³-hybridized carbons (Fsp3) is 0.400. The first-order valence-corrected chi connectivity index (χ1v) is 13.3. The number of fused-ring (bicyclic) bond motifs is 1. The van der Waals surface area contributed by atoms with E-state index in [9.17, 15) is 4.79 Å². The van der Waals surface area contributed by atoms with Gasteiger partial charge in [0.15, 0.2) is 17.2 Å². The first-order valence-electron chi connectivity index (χ1n) is 11.5. The van der Waals surface area contributed by atoms with Crippen LogP contribution in [0.25, 0.3) is 0 Å². The summed E-state index contributed by atoms with van der Waals surface area (Å²) in [6.07, 6.45) is 1.79. The lowest BCUT2D eigenvalue weighted by atomic mass is 9.98. The number of likely N-dealkylation sites (tertiary alicyclic amines) is 1. The van der Waals surface area contributed by atoms with Gasteiger partial charge < -0.3 is 19.7 Å². The smallest absolute Gasteiger partial charge is 0.234 e. The van der Waals surface area contributed by atoms with Crippen molar-refractivity contribution in [1.82, 2.24) is 4.90 Å². The highest BCUT2D eigenvalue weighted by Gasteiger charge is 2.39. The molecule has 0 radical (unpaired) electrons. The molecule has 7 nitrogen and oxygen atoms in total. The zero-order valence-corrected chi connectivity index (χ0v) is 21.5. The lowest BCUT2D eigenvalue weighted by molar-refractivity contribution is -0.113. The van der Waals surface area contributed by atoms with Gasteiger partial charge in [0.05, 0.1) is 11.5 Å². The maximum Gasteiger partial charge on any atom is 0.234 e. The van der Waals surface area contributed by atoms with Crippen LogP contribution < -0.4 is 14.8 Å². The maximum absolute atomic E-state index is 12.8. The van der Waals surface area contributed by atoms with Crippen molar-refractivity contribution in [2.24, 2.45) is 9.98 Å². The summed E-state index contributed by atoms with van der Waals surface area (Å²) in [7, 11) is 0. The number of carbonyl (C=O) groups is 1. The molecule has 2 aromatic carbocycles. The lowest BCUT2D eigenvalue weighted by Gasteiger charge is -2.34. The third-order valence-electron chi connectivity index (χ3n) is 6.22. The molecule has 34 heavy (non-hydrogen) atoms. The molecular weight excluding hydrogens is 516 g/mol. The number of thioether (sulfide) groups is 1. The summed E-state index contributed by atoms with van der Waals surface area (Å²) in [6, 6.07) is 13.6. The second-order valence-electron chi connectivity index (χ2n) is 8.50. The summed E-state index contributed by atoms with van der Waals surface area (Å²) in [5.74, 6) is 1.51. The minimum absolute atomic E-state index is 0.0960. The molecular formula is C25H27BrN4O3S. The Morgan fingerprint density at radius 2 is 1.82 bits per heavy atom. The topological polar surface area (TPSA) is 75.5 Å². The molecule has 178 valence electrons. The Labute approximate surface area is 212 Å². The van der Waals surface area contributed by atoms with Crippen molar-refractivity contribution < 1.29 is 14.3 Å². The zero-order valence-electron chi connectivity index (χ0n) is 19.1. The number of halogens is 1. The van der Waals surface area contributed by atoms with Crippen LogP contribution in [0.3, 0.4) is 0 Å². The third kappa shape index (κ3) is 5.16. The number of rotatable bonds is 5. The van der Waals surface area contributed by atoms with E-state index in [1.165, 1.54) is 11.8 Å². The summed E-state index contributed by atoms with van der Waals surface area (Å²) < 4.78 is 12.2. The van der Waals surface area contributed by atoms with Crippen molar-refractivity contribution in [3.05, 3.63) is 52.5 Å². The fourth-order valence-corrected chi connectivity index (χ4v) is 5.46. The van der Waals surface area contributed by atoms with Gasteiger partial charge in [0.2, 0.25) is 5.91 Å². The van der Waals surface area contributed by atoms with Crippen molar-refractivity contribution in [1.29, 1.82) is 0 Å². The highest BCUT2D eigenvalue weighted by Crippen LogP contribution is 2.36. The van der Waals surface area contributed by atoms with E-state index in [0.717, 1.165) is 53.3 Å². The van der Waals surface area contributed by atoms with Crippen LogP contribution in [-0.2, 0) is 4.79 Å². The predicted molar refractivity (Wildman–Crippen MR) is 141 cm³/mol. The molecule has 3 aliphatic rings. The molecule has 1 saturated heterocycles. The van der Waals surface area contributed by atoms with Crippen molar-refractivity contribution in [2.75, 3.05) is 43.9 Å². The molecule has 9 heteroatoms. The van der Waals surface area contributed by atoms with E-state index >= 15 is 0 Å². The Kier molecular flexibility index (Phi) is 6.94. The van der Waals surface area contributed by atoms with E-state index in [4.69, 9.17) is 19.5 Å². The molecule has 1 fully saturated rings. The van der Waals surface area contributed by atoms with Crippen LogP contribution in [-0.4, -0.2) is 65.8 Å². The number of amides is 1. The molecule has 0 unspecified atom stereocenters. The van der Waals surface area contributed by atoms with E-state index < -0.39 is 5.66 Å². The lowest BCUT2D eigenvalue weighted by Crippen LogP contribution is -2.41. The Bertz CT molecular complexity index is 1130. The molecule has 0 aliphatic carbocycles. The summed E-state index contributed by atoms with van der Waals surface area (Å²) in [4.78, 5) is 25.4. The molecule has 1 amide bonds. The third-order valence-corrected chi connectivity index (χ3v) is 7.71. The van der Waals surface area contributed by atoms with Gasteiger partial charge in [-0.3, -0.25) is 9.79 Å². The van der Waals surface area contributed by atoms with Crippen molar-refractivity contribution in [3.8, 4) is 11.5 Å². The highest BCUT2D eigenvalue weighted by molar-refractivity contribution is 9.10. The number of hydrogen-bond donors (Lipinski definition) is 1. The average Bonchev–Trinajstić information content (AvgIpc) is 3.21. The number of benzene rings is 2. The van der Waals surface area contributed by atoms with Gasteiger partial charge in [-0.15, -0.1) is 0 Å². The summed E-state index contributed by atoms with van der Waals surface area (Å²) >= 11 is 4.95. The number of aliphatic imine (C=N–C) groups is 2. The molecule has 0 bridgehead atoms. The number of anilines is 1. The van der Waals surface area contributed by atoms with E-state index in [1.807, 2.05) is 24.3 Å². The molecule has 3 heterocycles. The summed E-state index contributed by atoms with van der Waals surface area (Å²) in [5.41, 5.74) is 2.18. The number of ether oxygens (including phenoxy) is 2. The average molecular weight is 543 g/mol. The van der Waals surface area contributed by atoms with Gasteiger partial charge in [-0.1, -0.05) is 46.7 Å². The quantitative estimate of drug-likeness (QED) is 0.597. The molecule has 0 atom stereocenters. The molecule has 0 aromatic heterocycles. The Morgan fingerprint density at radius 1 is 1.09 bits per heavy atom. The summed E-state index contributed by atoms with van der Waals surface area (Å²) in [5, 5.41) is 3.80. The number of hydrogen-bond acceptors (Lipinski definition) is 7. The monoisotopic (exact) mass is 542 g/mol. The van der Waals surface area contributed by atoms with Crippen LogP contribution in [0.5, 0.6) is 11.5 Å². The van der Waals surface area contributed by atoms with Crippen LogP contribution in [0.1, 0.15) is 25.3 Å². The predicted octanol–water partition coefficient (Wildman–Crippen LogP) is 4.61. The molecule has 3 aliphatic heterocycles. The summed E-state index contributed by atoms with van der Waals surface area (Å²) in [6.45, 7) is 6.26. The fourth-order valence-electron chi connectivity index (χ4n) is 4.32. The van der Waals surface area contributed by atoms with E-state index in [2.05, 4.69) is 45.2 Å². The molecule has 0 saturated carbocycles. The van der Waals surface area contributed by atoms with Crippen molar-refractivity contribution in [3.63, 3.8) is 0 Å². The van der Waals surface area contributed by atoms with Crippen molar-refractivity contribution in [2.45, 2.75) is 25.4 Å². The first-order chi connectivity index (χ1) is 16.5. The van der Waals surface area contributed by atoms with Crippen LogP contribution in [0.15, 0.2) is 56.9 Å². The van der Waals surface area contributed by atoms with Gasteiger partial charge >= 0.3 is 0 Å². The second-order valence-corrected chi connectivity index (χ2v) is 10.4. The normalized spacial score (nSPS) is 19.0. The Hall–Kier alpha value is -2.36. The Balaban J connectivity index is 1.29. The van der Waals surface area contributed by atoms with Crippen molar-refractivity contribution >= 4 is 50.0 Å². The van der Waals surface area contributed by atoms with E-state index in [-0.39, 0.29) is 11.7 Å². The number of nitrogens with zero attached hydrogens (tertiary/aromatic N) is 3. The van der Waals surface area contributed by atoms with Gasteiger partial charge in [-0.05, 0) is 30.8 Å². The van der Waals surface area contributed by atoms with Crippen LogP contribution in [0.2, 0.25) is 0 Å². The van der Waals surface area contributed by atoms with Crippen LogP contribution in [0, 0.1) is 0 Å². The molecule has 1 spiro atoms. The van der Waals surface area contributed by atoms with Gasteiger partial charge in [-0.25, -0.2) is 4.99 Å². The Morgan fingerprint density at radius 3 is 2.56 bits per heavy atom. The minimum atomic E-state index is -0.414. The largest absolute Gasteiger partial charge is 0.486 e. The molecule has 2 aromatic rings. The van der Waals surface area contributed by atoms with E-state index in [0.29, 0.717) is 30.4 Å². The minimum Gasteiger partial charge on any atom is -0.486 e. The number of nitrogens with one attached hydrogen (secondary N) is 1. The maximum atomic E-state index is 12.8. The first kappa shape index (κ1) is 23.4. The van der Waals surface area contributed by atoms with Gasteiger partial charge in [0, 0.05) is 47.7 Å². The standard InChI is InChI=1S/C25H27BrN4O3S/c1-2-30-11-9-25(10-12-30)28-23(17-3-5-18(26)6-4-17)24(29-25)34-16-22(31)27-19-7-8-20-21(15-19)33-14-13-32-20/h3-8,15H,2,9-14,16H2,1H3,(H,27,31). The van der Waals surface area contributed by atoms with Gasteiger partial charge in [0.25, 0.3) is 0 Å². The molecule has 1 N–H and O–H groups in total. The number of piperidine rings is 1. The second kappa shape index (κ2) is 10.1. The highest BCUT2D eigenvalue weighted by atomic mass is 79.9. The molecule has 5 rings (SSSR count). The van der Waals surface area contributed by atoms with Gasteiger partial charge in [0.1, 0.15) is 18.3 Å².